The molecule has 0 aliphatic carbocycles. The van der Waals surface area contributed by atoms with Crippen LogP contribution >= 0.6 is 0 Å². The summed E-state index contributed by atoms with van der Waals surface area (Å²) < 4.78 is 0. The SMILES string of the molecule is c1ccc(-c2ccc(N3c4cc(-c5nc(-c6ccccc6)cc(-c6ccccc6)n5)cc5c4B(c4c3cc3c6cccc7cccc(c8cccc4c83)c76)c3c(cc4c6cccc7cccc(c8cccc3c84)c76)N5c3ccc(-c4ccccc4)cc3)cc2)cc1. The molecule has 91 heavy (non-hydrogen) atoms. The van der Waals surface area contributed by atoms with Gasteiger partial charge in [-0.2, -0.15) is 0 Å². The number of fused-ring (bicyclic) bond motifs is 10. The van der Waals surface area contributed by atoms with E-state index in [0.29, 0.717) is 5.82 Å². The molecule has 17 aromatic carbocycles. The quantitative estimate of drug-likeness (QED) is 0.0904. The first-order valence-corrected chi connectivity index (χ1v) is 31.5. The van der Waals surface area contributed by atoms with Gasteiger partial charge in [-0.25, -0.2) is 9.97 Å². The molecule has 2 aliphatic heterocycles. The highest BCUT2D eigenvalue weighted by Gasteiger charge is 2.46. The van der Waals surface area contributed by atoms with E-state index < -0.39 is 0 Å². The van der Waals surface area contributed by atoms with Crippen molar-refractivity contribution >= 4 is 143 Å². The van der Waals surface area contributed by atoms with Crippen molar-refractivity contribution in [3.63, 3.8) is 0 Å². The Morgan fingerprint density at radius 2 is 0.538 bits per heavy atom. The van der Waals surface area contributed by atoms with Gasteiger partial charge in [0, 0.05) is 50.8 Å². The first-order valence-electron chi connectivity index (χ1n) is 31.5. The van der Waals surface area contributed by atoms with Crippen LogP contribution in [0.2, 0.25) is 0 Å². The van der Waals surface area contributed by atoms with E-state index in [1.165, 1.54) is 114 Å². The highest BCUT2D eigenvalue weighted by molar-refractivity contribution is 7.03. The predicted octanol–water partition coefficient (Wildman–Crippen LogP) is 21.0. The van der Waals surface area contributed by atoms with E-state index in [1.807, 2.05) is 0 Å². The standard InChI is InChI=1S/C86H51BN4/c1-5-19-52(20-6-1)54-39-43-61(44-40-54)90-75-47-60(86-88-73(56-23-9-3-10-24-56)51-74(89-86)57-25-11-4-12-26-57)48-76-85(75)87(83-69-37-17-35-65-63-31-13-27-58-29-15-33-67(79(58)63)71(81(65)69)49-77(83)90)84-70-38-18-36-66-64-32-14-28-59-30-16-34-68(80(59)64)72(82(66)70)50-78(84)91(76)62-45-41-55(42-46-62)53-21-7-2-8-22-53/h1-51H. The van der Waals surface area contributed by atoms with Gasteiger partial charge in [-0.3, -0.25) is 0 Å². The molecule has 418 valence electrons. The Hall–Kier alpha value is -11.9. The molecular formula is C86H51BN4. The summed E-state index contributed by atoms with van der Waals surface area (Å²) >= 11 is 0. The second-order valence-electron chi connectivity index (χ2n) is 24.6. The van der Waals surface area contributed by atoms with Gasteiger partial charge in [-0.1, -0.05) is 255 Å². The second kappa shape index (κ2) is 19.3. The van der Waals surface area contributed by atoms with E-state index in [2.05, 4.69) is 319 Å². The molecule has 2 aliphatic rings. The third-order valence-electron chi connectivity index (χ3n) is 19.9. The summed E-state index contributed by atoms with van der Waals surface area (Å²) in [5.74, 6) is 0.647. The van der Waals surface area contributed by atoms with Crippen molar-refractivity contribution in [3.05, 3.63) is 309 Å². The van der Waals surface area contributed by atoms with Crippen molar-refractivity contribution < 1.29 is 0 Å². The van der Waals surface area contributed by atoms with Gasteiger partial charge < -0.3 is 9.80 Å². The average molecular weight is 1150 g/mol. The van der Waals surface area contributed by atoms with Crippen LogP contribution in [0.15, 0.2) is 309 Å². The van der Waals surface area contributed by atoms with Crippen molar-refractivity contribution in [1.82, 2.24) is 9.97 Å². The van der Waals surface area contributed by atoms with Crippen molar-refractivity contribution in [1.29, 1.82) is 0 Å². The van der Waals surface area contributed by atoms with Crippen LogP contribution in [-0.4, -0.2) is 16.7 Å². The molecule has 18 aromatic rings. The normalized spacial score (nSPS) is 12.8. The monoisotopic (exact) mass is 1150 g/mol. The lowest BCUT2D eigenvalue weighted by molar-refractivity contribution is 1.18. The maximum absolute atomic E-state index is 5.64. The summed E-state index contributed by atoms with van der Waals surface area (Å²) in [5, 5.41) is 20.2. The number of anilines is 6. The Morgan fingerprint density at radius 3 is 0.934 bits per heavy atom. The highest BCUT2D eigenvalue weighted by Crippen LogP contribution is 2.52. The van der Waals surface area contributed by atoms with Crippen molar-refractivity contribution in [3.8, 4) is 56.2 Å². The maximum atomic E-state index is 5.64. The zero-order valence-electron chi connectivity index (χ0n) is 49.3. The fourth-order valence-electron chi connectivity index (χ4n) is 16.0. The molecule has 0 spiro atoms. The summed E-state index contributed by atoms with van der Waals surface area (Å²) in [5.41, 5.74) is 19.7. The van der Waals surface area contributed by atoms with Crippen LogP contribution in [0.5, 0.6) is 0 Å². The molecule has 3 heterocycles. The number of aromatic nitrogens is 2. The molecule has 1 aromatic heterocycles. The van der Waals surface area contributed by atoms with E-state index in [4.69, 9.17) is 9.97 Å². The summed E-state index contributed by atoms with van der Waals surface area (Å²) in [7, 11) is 0. The molecule has 0 radical (unpaired) electrons. The van der Waals surface area contributed by atoms with Crippen molar-refractivity contribution in [2.24, 2.45) is 0 Å². The first-order chi connectivity index (χ1) is 45.1. The molecule has 0 unspecified atom stereocenters. The Morgan fingerprint density at radius 1 is 0.220 bits per heavy atom. The van der Waals surface area contributed by atoms with Gasteiger partial charge in [0.25, 0.3) is 6.71 Å². The number of rotatable bonds is 7. The zero-order valence-corrected chi connectivity index (χ0v) is 49.3. The van der Waals surface area contributed by atoms with Crippen LogP contribution in [0.25, 0.3) is 142 Å². The Balaban J connectivity index is 0.975. The minimum Gasteiger partial charge on any atom is -0.311 e. The Kier molecular flexibility index (Phi) is 10.6. The van der Waals surface area contributed by atoms with Crippen LogP contribution in [0.4, 0.5) is 34.1 Å². The van der Waals surface area contributed by atoms with Crippen LogP contribution in [0.1, 0.15) is 0 Å². The molecule has 0 N–H and O–H groups in total. The lowest BCUT2D eigenvalue weighted by Gasteiger charge is -2.45. The molecule has 0 saturated heterocycles. The minimum absolute atomic E-state index is 0.255. The van der Waals surface area contributed by atoms with Gasteiger partial charge in [0.1, 0.15) is 0 Å². The van der Waals surface area contributed by atoms with Gasteiger partial charge >= 0.3 is 0 Å². The second-order valence-corrected chi connectivity index (χ2v) is 24.6. The summed E-state index contributed by atoms with van der Waals surface area (Å²) in [4.78, 5) is 16.5. The third kappa shape index (κ3) is 7.34. The zero-order chi connectivity index (χ0) is 59.4. The van der Waals surface area contributed by atoms with E-state index in [9.17, 15) is 0 Å². The molecule has 4 nitrogen and oxygen atoms in total. The largest absolute Gasteiger partial charge is 0.311 e. The van der Waals surface area contributed by atoms with Gasteiger partial charge in [0.15, 0.2) is 5.82 Å². The van der Waals surface area contributed by atoms with Gasteiger partial charge in [0.2, 0.25) is 0 Å². The topological polar surface area (TPSA) is 32.3 Å². The number of hydrogen-bond donors (Lipinski definition) is 0. The van der Waals surface area contributed by atoms with Gasteiger partial charge in [-0.15, -0.1) is 0 Å². The Bertz CT molecular complexity index is 5620. The van der Waals surface area contributed by atoms with E-state index in [1.54, 1.807) is 0 Å². The highest BCUT2D eigenvalue weighted by atomic mass is 15.2. The predicted molar refractivity (Wildman–Crippen MR) is 386 cm³/mol. The van der Waals surface area contributed by atoms with Gasteiger partial charge in [0.05, 0.1) is 11.4 Å². The Labute approximate surface area is 525 Å². The number of hydrogen-bond acceptors (Lipinski definition) is 4. The number of benzene rings is 17. The molecule has 5 heteroatoms. The van der Waals surface area contributed by atoms with E-state index in [-0.39, 0.29) is 6.71 Å². The smallest absolute Gasteiger partial charge is 0.253 e. The van der Waals surface area contributed by atoms with Crippen molar-refractivity contribution in [2.75, 3.05) is 9.80 Å². The molecule has 0 atom stereocenters. The fraction of sp³-hybridized carbons (Fsp3) is 0. The van der Waals surface area contributed by atoms with Crippen molar-refractivity contribution in [2.45, 2.75) is 0 Å². The molecule has 0 amide bonds. The van der Waals surface area contributed by atoms with Crippen LogP contribution < -0.4 is 26.2 Å². The molecule has 0 fully saturated rings. The first kappa shape index (κ1) is 50.1. The van der Waals surface area contributed by atoms with Crippen LogP contribution in [0, 0.1) is 0 Å². The van der Waals surface area contributed by atoms with Gasteiger partial charge in [-0.05, 0) is 179 Å². The summed E-state index contributed by atoms with van der Waals surface area (Å²) in [6.45, 7) is -0.255. The average Bonchev–Trinajstić information content (AvgIpc) is 0.743. The third-order valence-corrected chi connectivity index (χ3v) is 19.9. The fourth-order valence-corrected chi connectivity index (χ4v) is 16.0. The molecule has 0 saturated carbocycles. The number of nitrogens with zero attached hydrogens (tertiary/aromatic N) is 4. The molecule has 20 rings (SSSR count). The molecular weight excluding hydrogens is 1100 g/mol. The summed E-state index contributed by atoms with van der Waals surface area (Å²) in [6, 6.07) is 115. The lowest BCUT2D eigenvalue weighted by Crippen LogP contribution is -2.61. The maximum Gasteiger partial charge on any atom is 0.253 e. The minimum atomic E-state index is -0.255. The summed E-state index contributed by atoms with van der Waals surface area (Å²) in [6.07, 6.45) is 0. The molecule has 0 bridgehead atoms. The van der Waals surface area contributed by atoms with Crippen LogP contribution in [-0.2, 0) is 0 Å². The van der Waals surface area contributed by atoms with E-state index >= 15 is 0 Å². The lowest BCUT2D eigenvalue weighted by atomic mass is 9.32. The van der Waals surface area contributed by atoms with Crippen LogP contribution in [0.3, 0.4) is 0 Å². The van der Waals surface area contributed by atoms with E-state index in [0.717, 1.165) is 73.3 Å².